The number of benzene rings is 1. The molecule has 0 aromatic heterocycles. The first-order valence-electron chi connectivity index (χ1n) is 6.55. The molecule has 0 atom stereocenters. The van der Waals surface area contributed by atoms with Gasteiger partial charge in [0.15, 0.2) is 0 Å². The summed E-state index contributed by atoms with van der Waals surface area (Å²) in [5.41, 5.74) is 0.812. The molecule has 20 heavy (non-hydrogen) atoms. The number of hydrogen-bond acceptors (Lipinski definition) is 3. The van der Waals surface area contributed by atoms with Crippen molar-refractivity contribution in [3.63, 3.8) is 0 Å². The van der Waals surface area contributed by atoms with E-state index in [2.05, 4.69) is 20.7 Å². The lowest BCUT2D eigenvalue weighted by Gasteiger charge is -2.24. The molecule has 0 unspecified atom stereocenters. The van der Waals surface area contributed by atoms with Crippen molar-refractivity contribution in [1.29, 1.82) is 0 Å². The number of nitrogens with one attached hydrogen (secondary N) is 1. The second-order valence-electron chi connectivity index (χ2n) is 5.75. The fraction of sp³-hybridized carbons (Fsp3) is 0.571. The molecule has 0 aliphatic heterocycles. The summed E-state index contributed by atoms with van der Waals surface area (Å²) in [6.07, 6.45) is 1.43. The quantitative estimate of drug-likeness (QED) is 0.782. The highest BCUT2D eigenvalue weighted by atomic mass is 79.9. The van der Waals surface area contributed by atoms with Crippen LogP contribution in [0.4, 0.5) is 0 Å². The van der Waals surface area contributed by atoms with Crippen molar-refractivity contribution in [3.8, 4) is 0 Å². The Hall–Kier alpha value is -0.430. The van der Waals surface area contributed by atoms with Crippen molar-refractivity contribution in [3.05, 3.63) is 28.2 Å². The predicted octanol–water partition coefficient (Wildman–Crippen LogP) is 2.83. The van der Waals surface area contributed by atoms with Crippen LogP contribution in [0.1, 0.15) is 32.3 Å². The van der Waals surface area contributed by atoms with Crippen molar-refractivity contribution >= 4 is 26.0 Å². The van der Waals surface area contributed by atoms with Gasteiger partial charge < -0.3 is 5.11 Å². The fourth-order valence-electron chi connectivity index (χ4n) is 1.84. The average Bonchev–Trinajstić information content (AvgIpc) is 2.34. The Morgan fingerprint density at radius 1 is 1.35 bits per heavy atom. The number of hydrogen-bond donors (Lipinski definition) is 2. The van der Waals surface area contributed by atoms with Gasteiger partial charge in [-0.05, 0) is 58.8 Å². The van der Waals surface area contributed by atoms with Crippen LogP contribution in [0.3, 0.4) is 0 Å². The third kappa shape index (κ3) is 5.16. The van der Waals surface area contributed by atoms with Gasteiger partial charge in [-0.1, -0.05) is 19.9 Å². The number of sulfonamides is 1. The lowest BCUT2D eigenvalue weighted by Crippen LogP contribution is -2.34. The highest BCUT2D eigenvalue weighted by molar-refractivity contribution is 9.10. The summed E-state index contributed by atoms with van der Waals surface area (Å²) >= 11 is 3.29. The van der Waals surface area contributed by atoms with E-state index in [1.54, 1.807) is 18.2 Å². The summed E-state index contributed by atoms with van der Waals surface area (Å²) in [6, 6.07) is 5.16. The Morgan fingerprint density at radius 3 is 2.55 bits per heavy atom. The van der Waals surface area contributed by atoms with Crippen LogP contribution in [0.25, 0.3) is 0 Å². The summed E-state index contributed by atoms with van der Waals surface area (Å²) < 4.78 is 27.8. The molecule has 0 fully saturated rings. The van der Waals surface area contributed by atoms with Crippen LogP contribution in [0.5, 0.6) is 0 Å². The minimum atomic E-state index is -3.53. The summed E-state index contributed by atoms with van der Waals surface area (Å²) in [5, 5.41) is 8.85. The molecule has 0 saturated carbocycles. The molecule has 114 valence electrons. The smallest absolute Gasteiger partial charge is 0.241 e. The Balaban J connectivity index is 2.80. The number of aryl methyl sites for hydroxylation is 1. The maximum Gasteiger partial charge on any atom is 0.241 e. The first-order valence-corrected chi connectivity index (χ1v) is 8.82. The van der Waals surface area contributed by atoms with Crippen LogP contribution in [0.2, 0.25) is 0 Å². The molecule has 0 heterocycles. The minimum Gasteiger partial charge on any atom is -0.396 e. The molecular weight excluding hydrogens is 342 g/mol. The second-order valence-corrected chi connectivity index (χ2v) is 8.34. The van der Waals surface area contributed by atoms with E-state index in [0.29, 0.717) is 17.4 Å². The van der Waals surface area contributed by atoms with Crippen molar-refractivity contribution in [1.82, 2.24) is 4.72 Å². The molecule has 4 nitrogen and oxygen atoms in total. The Bertz CT molecular complexity index is 556. The molecule has 0 spiro atoms. The van der Waals surface area contributed by atoms with Gasteiger partial charge in [-0.3, -0.25) is 0 Å². The summed E-state index contributed by atoms with van der Waals surface area (Å²) in [5.74, 6) is 0. The SMILES string of the molecule is Cc1ccc(S(=O)(=O)NCC(C)(C)CCCO)c(Br)c1. The topological polar surface area (TPSA) is 66.4 Å². The van der Waals surface area contributed by atoms with Crippen LogP contribution in [0.15, 0.2) is 27.6 Å². The monoisotopic (exact) mass is 363 g/mol. The molecule has 0 aliphatic carbocycles. The van der Waals surface area contributed by atoms with Crippen molar-refractivity contribution in [2.75, 3.05) is 13.2 Å². The summed E-state index contributed by atoms with van der Waals surface area (Å²) in [6.45, 7) is 6.34. The van der Waals surface area contributed by atoms with Crippen LogP contribution >= 0.6 is 15.9 Å². The van der Waals surface area contributed by atoms with Gasteiger partial charge in [-0.15, -0.1) is 0 Å². The highest BCUT2D eigenvalue weighted by Crippen LogP contribution is 2.25. The fourth-order valence-corrected chi connectivity index (χ4v) is 4.27. The highest BCUT2D eigenvalue weighted by Gasteiger charge is 2.23. The standard InChI is InChI=1S/C14H22BrNO3S/c1-11-5-6-13(12(15)9-11)20(18,19)16-10-14(2,3)7-4-8-17/h5-6,9,16-17H,4,7-8,10H2,1-3H3. The Morgan fingerprint density at radius 2 is 2.00 bits per heavy atom. The van der Waals surface area contributed by atoms with Crippen LogP contribution < -0.4 is 4.72 Å². The van der Waals surface area contributed by atoms with Gasteiger partial charge in [-0.2, -0.15) is 0 Å². The molecule has 1 rings (SSSR count). The zero-order valence-corrected chi connectivity index (χ0v) is 14.5. The Labute approximate surface area is 129 Å². The average molecular weight is 364 g/mol. The number of aliphatic hydroxyl groups is 1. The maximum absolute atomic E-state index is 12.3. The van der Waals surface area contributed by atoms with E-state index < -0.39 is 10.0 Å². The molecule has 0 bridgehead atoms. The normalized spacial score (nSPS) is 12.7. The molecule has 0 saturated heterocycles. The zero-order chi connectivity index (χ0) is 15.4. The predicted molar refractivity (Wildman–Crippen MR) is 84.2 cm³/mol. The van der Waals surface area contributed by atoms with E-state index in [0.717, 1.165) is 12.0 Å². The van der Waals surface area contributed by atoms with Crippen LogP contribution in [0, 0.1) is 12.3 Å². The van der Waals surface area contributed by atoms with Gasteiger partial charge in [0.05, 0.1) is 4.90 Å². The lowest BCUT2D eigenvalue weighted by molar-refractivity contribution is 0.242. The third-order valence-electron chi connectivity index (χ3n) is 3.13. The maximum atomic E-state index is 12.3. The van der Waals surface area contributed by atoms with Gasteiger partial charge in [0.25, 0.3) is 0 Å². The molecule has 0 radical (unpaired) electrons. The van der Waals surface area contributed by atoms with E-state index in [-0.39, 0.29) is 16.9 Å². The lowest BCUT2D eigenvalue weighted by atomic mass is 9.88. The van der Waals surface area contributed by atoms with Gasteiger partial charge in [0.2, 0.25) is 10.0 Å². The molecule has 1 aromatic carbocycles. The largest absolute Gasteiger partial charge is 0.396 e. The number of aliphatic hydroxyl groups excluding tert-OH is 1. The molecule has 0 amide bonds. The summed E-state index contributed by atoms with van der Waals surface area (Å²) in [4.78, 5) is 0.251. The van der Waals surface area contributed by atoms with Crippen LogP contribution in [-0.2, 0) is 10.0 Å². The molecule has 2 N–H and O–H groups in total. The second kappa shape index (κ2) is 7.02. The van der Waals surface area contributed by atoms with E-state index in [1.807, 2.05) is 20.8 Å². The van der Waals surface area contributed by atoms with Crippen molar-refractivity contribution < 1.29 is 13.5 Å². The minimum absolute atomic E-state index is 0.125. The van der Waals surface area contributed by atoms with Crippen molar-refractivity contribution in [2.45, 2.75) is 38.5 Å². The molecule has 6 heteroatoms. The van der Waals surface area contributed by atoms with E-state index >= 15 is 0 Å². The number of halogens is 1. The first-order chi connectivity index (χ1) is 9.18. The molecular formula is C14H22BrNO3S. The third-order valence-corrected chi connectivity index (χ3v) is 5.51. The zero-order valence-electron chi connectivity index (χ0n) is 12.1. The molecule has 1 aromatic rings. The van der Waals surface area contributed by atoms with Gasteiger partial charge in [0, 0.05) is 17.6 Å². The van der Waals surface area contributed by atoms with Crippen LogP contribution in [-0.4, -0.2) is 26.7 Å². The first kappa shape index (κ1) is 17.6. The molecule has 0 aliphatic rings. The van der Waals surface area contributed by atoms with E-state index in [9.17, 15) is 8.42 Å². The Kier molecular flexibility index (Phi) is 6.19. The summed E-state index contributed by atoms with van der Waals surface area (Å²) in [7, 11) is -3.53. The van der Waals surface area contributed by atoms with E-state index in [4.69, 9.17) is 5.11 Å². The number of rotatable bonds is 7. The van der Waals surface area contributed by atoms with Gasteiger partial charge in [0.1, 0.15) is 0 Å². The van der Waals surface area contributed by atoms with E-state index in [1.165, 1.54) is 0 Å². The van der Waals surface area contributed by atoms with Gasteiger partial charge in [-0.25, -0.2) is 13.1 Å². The van der Waals surface area contributed by atoms with Crippen molar-refractivity contribution in [2.24, 2.45) is 5.41 Å². The van der Waals surface area contributed by atoms with Gasteiger partial charge >= 0.3 is 0 Å².